The molecule has 2 rings (SSSR count). The second kappa shape index (κ2) is 7.43. The van der Waals surface area contributed by atoms with Crippen molar-refractivity contribution in [2.75, 3.05) is 11.9 Å². The number of carbonyl (C=O) groups is 1. The molecule has 116 valence electrons. The number of nitrogens with two attached hydrogens (primary N) is 1. The Bertz CT molecular complexity index is 650. The zero-order chi connectivity index (χ0) is 16.1. The van der Waals surface area contributed by atoms with E-state index in [4.69, 9.17) is 11.6 Å². The summed E-state index contributed by atoms with van der Waals surface area (Å²) in [7, 11) is 0. The van der Waals surface area contributed by atoms with Crippen molar-refractivity contribution < 1.29 is 10.1 Å². The van der Waals surface area contributed by atoms with Gasteiger partial charge >= 0.3 is 0 Å². The number of aryl methyl sites for hydroxylation is 2. The second-order valence-electron chi connectivity index (χ2n) is 5.71. The van der Waals surface area contributed by atoms with Crippen LogP contribution in [0.1, 0.15) is 29.7 Å². The van der Waals surface area contributed by atoms with E-state index in [0.29, 0.717) is 6.54 Å². The first-order valence-electron chi connectivity index (χ1n) is 7.41. The number of hydrogen-bond acceptors (Lipinski definition) is 1. The smallest absolute Gasteiger partial charge is 0.279 e. The first kappa shape index (κ1) is 16.5. The van der Waals surface area contributed by atoms with Gasteiger partial charge in [-0.3, -0.25) is 4.79 Å². The van der Waals surface area contributed by atoms with Gasteiger partial charge in [0.25, 0.3) is 5.91 Å². The molecule has 0 saturated heterocycles. The van der Waals surface area contributed by atoms with Crippen LogP contribution >= 0.6 is 11.6 Å². The number of rotatable bonds is 5. The maximum absolute atomic E-state index is 12.1. The van der Waals surface area contributed by atoms with Gasteiger partial charge in [-0.05, 0) is 56.2 Å². The predicted octanol–water partition coefficient (Wildman–Crippen LogP) is 3.22. The van der Waals surface area contributed by atoms with Crippen molar-refractivity contribution in [2.24, 2.45) is 0 Å². The van der Waals surface area contributed by atoms with E-state index in [2.05, 4.69) is 18.3 Å². The number of nitrogens with one attached hydrogen (secondary N) is 1. The summed E-state index contributed by atoms with van der Waals surface area (Å²) < 4.78 is 0. The highest BCUT2D eigenvalue weighted by atomic mass is 35.5. The quantitative estimate of drug-likeness (QED) is 0.874. The Morgan fingerprint density at radius 1 is 1.18 bits per heavy atom. The van der Waals surface area contributed by atoms with Crippen LogP contribution in [0.2, 0.25) is 5.02 Å². The molecule has 4 heteroatoms. The molecule has 3 N–H and O–H groups in total. The summed E-state index contributed by atoms with van der Waals surface area (Å²) in [6.07, 6.45) is 0. The molecule has 0 aliphatic heterocycles. The molecular weight excluding hydrogens is 296 g/mol. The first-order chi connectivity index (χ1) is 10.4. The molecule has 0 heterocycles. The van der Waals surface area contributed by atoms with Gasteiger partial charge in [0.15, 0.2) is 6.54 Å². The highest BCUT2D eigenvalue weighted by molar-refractivity contribution is 6.30. The van der Waals surface area contributed by atoms with Crippen LogP contribution in [0.4, 0.5) is 5.69 Å². The van der Waals surface area contributed by atoms with E-state index in [0.717, 1.165) is 27.4 Å². The molecule has 1 atom stereocenters. The fourth-order valence-corrected chi connectivity index (χ4v) is 2.67. The van der Waals surface area contributed by atoms with Crippen LogP contribution in [0.25, 0.3) is 0 Å². The van der Waals surface area contributed by atoms with Gasteiger partial charge in [-0.25, -0.2) is 0 Å². The van der Waals surface area contributed by atoms with Crippen molar-refractivity contribution in [3.63, 3.8) is 0 Å². The average molecular weight is 318 g/mol. The molecule has 0 unspecified atom stereocenters. The minimum Gasteiger partial charge on any atom is -0.333 e. The predicted molar refractivity (Wildman–Crippen MR) is 91.2 cm³/mol. The molecule has 3 nitrogen and oxygen atoms in total. The number of halogens is 1. The van der Waals surface area contributed by atoms with Crippen molar-refractivity contribution >= 4 is 23.2 Å². The largest absolute Gasteiger partial charge is 0.333 e. The molecule has 0 aliphatic carbocycles. The lowest BCUT2D eigenvalue weighted by Gasteiger charge is -2.12. The number of benzene rings is 2. The van der Waals surface area contributed by atoms with Crippen LogP contribution < -0.4 is 10.6 Å². The van der Waals surface area contributed by atoms with E-state index in [-0.39, 0.29) is 11.9 Å². The highest BCUT2D eigenvalue weighted by Crippen LogP contribution is 2.15. The third-order valence-corrected chi connectivity index (χ3v) is 3.77. The Labute approximate surface area is 136 Å². The number of carbonyl (C=O) groups excluding carboxylic acids is 1. The molecule has 0 saturated carbocycles. The van der Waals surface area contributed by atoms with Gasteiger partial charge in [-0.2, -0.15) is 0 Å². The summed E-state index contributed by atoms with van der Waals surface area (Å²) in [6.45, 7) is 6.49. The van der Waals surface area contributed by atoms with Gasteiger partial charge in [-0.1, -0.05) is 29.8 Å². The molecule has 0 aliphatic rings. The maximum atomic E-state index is 12.1. The van der Waals surface area contributed by atoms with Gasteiger partial charge < -0.3 is 10.6 Å². The Morgan fingerprint density at radius 3 is 2.50 bits per heavy atom. The molecule has 0 fully saturated rings. The van der Waals surface area contributed by atoms with Crippen molar-refractivity contribution in [2.45, 2.75) is 26.8 Å². The van der Waals surface area contributed by atoms with E-state index in [9.17, 15) is 4.79 Å². The maximum Gasteiger partial charge on any atom is 0.279 e. The van der Waals surface area contributed by atoms with Crippen LogP contribution in [-0.4, -0.2) is 12.5 Å². The SMILES string of the molecule is Cc1cc(C)cc(NC(=O)C[NH2+][C@H](C)c2cccc(Cl)c2)c1. The number of anilines is 1. The lowest BCUT2D eigenvalue weighted by Crippen LogP contribution is -2.86. The molecule has 0 spiro atoms. The Kier molecular flexibility index (Phi) is 5.58. The topological polar surface area (TPSA) is 45.7 Å². The Hall–Kier alpha value is -1.84. The van der Waals surface area contributed by atoms with Crippen molar-refractivity contribution in [3.8, 4) is 0 Å². The van der Waals surface area contributed by atoms with Crippen molar-refractivity contribution in [1.82, 2.24) is 0 Å². The Balaban J connectivity index is 1.89. The molecule has 0 bridgehead atoms. The van der Waals surface area contributed by atoms with Gasteiger partial charge in [0.1, 0.15) is 6.04 Å². The minimum absolute atomic E-state index is 0.00104. The van der Waals surface area contributed by atoms with E-state index >= 15 is 0 Å². The standard InChI is InChI=1S/C18H21ClN2O/c1-12-7-13(2)9-17(8-12)21-18(22)11-20-14(3)15-5-4-6-16(19)10-15/h4-10,14,20H,11H2,1-3H3,(H,21,22)/p+1/t14-/m1/s1. The second-order valence-corrected chi connectivity index (χ2v) is 6.14. The summed E-state index contributed by atoms with van der Waals surface area (Å²) in [5, 5.41) is 5.67. The van der Waals surface area contributed by atoms with E-state index in [1.165, 1.54) is 0 Å². The summed E-state index contributed by atoms with van der Waals surface area (Å²) in [4.78, 5) is 12.1. The summed E-state index contributed by atoms with van der Waals surface area (Å²) in [6, 6.07) is 14.0. The number of amides is 1. The van der Waals surface area contributed by atoms with Crippen LogP contribution in [0, 0.1) is 13.8 Å². The van der Waals surface area contributed by atoms with Gasteiger partial charge in [-0.15, -0.1) is 0 Å². The zero-order valence-corrected chi connectivity index (χ0v) is 13.9. The van der Waals surface area contributed by atoms with Crippen molar-refractivity contribution in [3.05, 3.63) is 64.2 Å². The van der Waals surface area contributed by atoms with Crippen LogP contribution in [0.5, 0.6) is 0 Å². The van der Waals surface area contributed by atoms with Gasteiger partial charge in [0, 0.05) is 16.3 Å². The molecule has 2 aromatic carbocycles. The van der Waals surface area contributed by atoms with E-state index in [1.54, 1.807) is 0 Å². The number of hydrogen-bond donors (Lipinski definition) is 2. The molecule has 0 aromatic heterocycles. The average Bonchev–Trinajstić information content (AvgIpc) is 2.43. The summed E-state index contributed by atoms with van der Waals surface area (Å²) in [5.41, 5.74) is 4.26. The monoisotopic (exact) mass is 317 g/mol. The van der Waals surface area contributed by atoms with E-state index in [1.807, 2.05) is 55.6 Å². The lowest BCUT2D eigenvalue weighted by molar-refractivity contribution is -0.682. The minimum atomic E-state index is -0.00104. The number of quaternary nitrogens is 1. The summed E-state index contributed by atoms with van der Waals surface area (Å²) in [5.74, 6) is -0.00104. The third-order valence-electron chi connectivity index (χ3n) is 3.54. The molecule has 22 heavy (non-hydrogen) atoms. The van der Waals surface area contributed by atoms with Gasteiger partial charge in [0.2, 0.25) is 0 Å². The highest BCUT2D eigenvalue weighted by Gasteiger charge is 2.12. The fraction of sp³-hybridized carbons (Fsp3) is 0.278. The summed E-state index contributed by atoms with van der Waals surface area (Å²) >= 11 is 6.00. The molecule has 1 amide bonds. The van der Waals surface area contributed by atoms with E-state index < -0.39 is 0 Å². The first-order valence-corrected chi connectivity index (χ1v) is 7.79. The van der Waals surface area contributed by atoms with Gasteiger partial charge in [0.05, 0.1) is 0 Å². The fourth-order valence-electron chi connectivity index (χ4n) is 2.47. The third kappa shape index (κ3) is 4.86. The molecule has 2 aromatic rings. The van der Waals surface area contributed by atoms with Crippen LogP contribution in [0.15, 0.2) is 42.5 Å². The van der Waals surface area contributed by atoms with Crippen LogP contribution in [-0.2, 0) is 4.79 Å². The lowest BCUT2D eigenvalue weighted by atomic mass is 10.1. The molecular formula is C18H22ClN2O+. The molecule has 0 radical (unpaired) electrons. The van der Waals surface area contributed by atoms with Crippen molar-refractivity contribution in [1.29, 1.82) is 0 Å². The zero-order valence-electron chi connectivity index (χ0n) is 13.2. The normalized spacial score (nSPS) is 12.0. The van der Waals surface area contributed by atoms with Crippen LogP contribution in [0.3, 0.4) is 0 Å². The Morgan fingerprint density at radius 2 is 1.86 bits per heavy atom.